The molecule has 2 aromatic heterocycles. The molecule has 2 N–H and O–H groups in total. The molecule has 2 aromatic rings. The molecule has 0 bridgehead atoms. The van der Waals surface area contributed by atoms with Crippen LogP contribution >= 0.6 is 27.7 Å². The quantitative estimate of drug-likeness (QED) is 0.615. The summed E-state index contributed by atoms with van der Waals surface area (Å²) in [5.41, 5.74) is 0. The monoisotopic (exact) mass is 372 g/mol. The van der Waals surface area contributed by atoms with Gasteiger partial charge >= 0.3 is 5.97 Å². The molecule has 0 saturated heterocycles. The van der Waals surface area contributed by atoms with Crippen LogP contribution in [0.15, 0.2) is 25.0 Å². The van der Waals surface area contributed by atoms with Gasteiger partial charge in [0, 0.05) is 26.2 Å². The second kappa shape index (κ2) is 6.35. The lowest BCUT2D eigenvalue weighted by Crippen LogP contribution is -2.07. The first-order chi connectivity index (χ1) is 9.86. The smallest absolute Gasteiger partial charge is 0.342 e. The number of thioether (sulfide) groups is 1. The van der Waals surface area contributed by atoms with Crippen LogP contribution in [0.4, 0.5) is 5.88 Å². The van der Waals surface area contributed by atoms with Gasteiger partial charge < -0.3 is 14.4 Å². The van der Waals surface area contributed by atoms with E-state index in [-0.39, 0.29) is 4.91 Å². The molecule has 0 radical (unpaired) electrons. The molecule has 0 aliphatic heterocycles. The number of furan rings is 1. The Morgan fingerprint density at radius 3 is 2.76 bits per heavy atom. The minimum absolute atomic E-state index is 0.0700. The van der Waals surface area contributed by atoms with E-state index < -0.39 is 5.97 Å². The van der Waals surface area contributed by atoms with Crippen LogP contribution in [0.2, 0.25) is 0 Å². The molecule has 0 fully saturated rings. The molecule has 0 amide bonds. The molecule has 0 spiro atoms. The van der Waals surface area contributed by atoms with E-state index in [1.54, 1.807) is 17.9 Å². The van der Waals surface area contributed by atoms with Gasteiger partial charge in [0.1, 0.15) is 16.5 Å². The lowest BCUT2D eigenvalue weighted by atomic mass is 10.4. The summed E-state index contributed by atoms with van der Waals surface area (Å²) in [6.45, 7) is 1.74. The highest BCUT2D eigenvalue weighted by Crippen LogP contribution is 2.32. The highest BCUT2D eigenvalue weighted by atomic mass is 79.9. The Labute approximate surface area is 133 Å². The molecule has 0 unspecified atom stereocenters. The Morgan fingerprint density at radius 2 is 2.29 bits per heavy atom. The van der Waals surface area contributed by atoms with E-state index in [1.165, 1.54) is 6.08 Å². The second-order valence-corrected chi connectivity index (χ2v) is 6.18. The predicted molar refractivity (Wildman–Crippen MR) is 83.3 cm³/mol. The molecule has 0 saturated carbocycles. The van der Waals surface area contributed by atoms with Crippen LogP contribution in [0, 0.1) is 6.92 Å². The summed E-state index contributed by atoms with van der Waals surface area (Å²) < 4.78 is 6.33. The van der Waals surface area contributed by atoms with Crippen molar-refractivity contribution < 1.29 is 14.3 Å². The van der Waals surface area contributed by atoms with E-state index in [2.05, 4.69) is 31.1 Å². The average molecular weight is 373 g/mol. The average Bonchev–Trinajstić information content (AvgIpc) is 2.95. The van der Waals surface area contributed by atoms with Crippen molar-refractivity contribution in [3.05, 3.63) is 27.0 Å². The summed E-state index contributed by atoms with van der Waals surface area (Å²) in [6.07, 6.45) is 1.44. The molecule has 2 heterocycles. The van der Waals surface area contributed by atoms with Crippen molar-refractivity contribution >= 4 is 45.6 Å². The fraction of sp³-hybridized carbons (Fsp3) is 0.250. The van der Waals surface area contributed by atoms with Gasteiger partial charge in [0.05, 0.1) is 4.47 Å². The Balaban J connectivity index is 2.29. The summed E-state index contributed by atoms with van der Waals surface area (Å²) in [5.74, 6) is 0.603. The number of hydrogen-bond acceptors (Lipinski definition) is 6. The summed E-state index contributed by atoms with van der Waals surface area (Å²) in [5, 5.41) is 16.2. The molecule has 9 heteroatoms. The molecule has 0 aliphatic rings. The number of aromatic nitrogens is 3. The van der Waals surface area contributed by atoms with Crippen LogP contribution in [-0.4, -0.2) is 40.4 Å². The minimum atomic E-state index is -1.07. The summed E-state index contributed by atoms with van der Waals surface area (Å²) in [4.78, 5) is 17.2. The van der Waals surface area contributed by atoms with E-state index >= 15 is 0 Å². The van der Waals surface area contributed by atoms with Gasteiger partial charge in [-0.15, -0.1) is 5.10 Å². The van der Waals surface area contributed by atoms with Gasteiger partial charge in [-0.2, -0.15) is 0 Å². The first kappa shape index (κ1) is 15.6. The normalized spacial score (nSPS) is 11.7. The molecule has 112 valence electrons. The Kier molecular flexibility index (Phi) is 4.73. The van der Waals surface area contributed by atoms with Crippen molar-refractivity contribution in [3.8, 4) is 0 Å². The Morgan fingerprint density at radius 1 is 1.57 bits per heavy atom. The number of aliphatic carboxylic acids is 1. The van der Waals surface area contributed by atoms with Crippen LogP contribution in [-0.2, 0) is 4.79 Å². The SMILES string of the molecule is Cc1nc(S/C(=C\c2cc(Br)c(N(C)C)o2)C(=O)O)n[nH]1. The third kappa shape index (κ3) is 3.88. The third-order valence-electron chi connectivity index (χ3n) is 2.36. The number of carbonyl (C=O) groups is 1. The first-order valence-corrected chi connectivity index (χ1v) is 7.46. The van der Waals surface area contributed by atoms with Crippen molar-refractivity contribution in [2.24, 2.45) is 0 Å². The lowest BCUT2D eigenvalue weighted by Gasteiger charge is -2.07. The maximum Gasteiger partial charge on any atom is 0.342 e. The van der Waals surface area contributed by atoms with Gasteiger partial charge in [0.25, 0.3) is 0 Å². The van der Waals surface area contributed by atoms with E-state index in [4.69, 9.17) is 4.42 Å². The number of aryl methyl sites for hydroxylation is 1. The van der Waals surface area contributed by atoms with Crippen LogP contribution in [0.25, 0.3) is 6.08 Å². The molecular formula is C12H13BrN4O3S. The number of nitrogens with zero attached hydrogens (tertiary/aromatic N) is 3. The number of hydrogen-bond donors (Lipinski definition) is 2. The summed E-state index contributed by atoms with van der Waals surface area (Å²) in [7, 11) is 3.67. The maximum absolute atomic E-state index is 11.3. The predicted octanol–water partition coefficient (Wildman–Crippen LogP) is 2.75. The van der Waals surface area contributed by atoms with Crippen molar-refractivity contribution in [2.45, 2.75) is 12.1 Å². The zero-order valence-electron chi connectivity index (χ0n) is 11.5. The molecule has 7 nitrogen and oxygen atoms in total. The molecule has 0 atom stereocenters. The standard InChI is InChI=1S/C12H13BrN4O3S/c1-6-14-12(16-15-6)21-9(11(18)19)5-7-4-8(13)10(20-7)17(2)3/h4-5H,1-3H3,(H,18,19)(H,14,15,16)/b9-5-. The van der Waals surface area contributed by atoms with Crippen LogP contribution in [0.5, 0.6) is 0 Å². The topological polar surface area (TPSA) is 95.2 Å². The molecule has 0 aliphatic carbocycles. The number of nitrogens with one attached hydrogen (secondary N) is 1. The van der Waals surface area contributed by atoms with E-state index in [0.717, 1.165) is 16.2 Å². The van der Waals surface area contributed by atoms with Crippen molar-refractivity contribution in [1.29, 1.82) is 0 Å². The van der Waals surface area contributed by atoms with Crippen molar-refractivity contribution in [1.82, 2.24) is 15.2 Å². The second-order valence-electron chi connectivity index (χ2n) is 4.32. The lowest BCUT2D eigenvalue weighted by molar-refractivity contribution is -0.131. The van der Waals surface area contributed by atoms with Gasteiger partial charge in [0.2, 0.25) is 11.0 Å². The fourth-order valence-corrected chi connectivity index (χ4v) is 2.88. The van der Waals surface area contributed by atoms with Gasteiger partial charge in [-0.25, -0.2) is 9.78 Å². The number of carboxylic acids is 1. The molecule has 2 rings (SSSR count). The number of H-pyrrole nitrogens is 1. The van der Waals surface area contributed by atoms with Crippen LogP contribution in [0.3, 0.4) is 0 Å². The first-order valence-electron chi connectivity index (χ1n) is 5.85. The zero-order valence-corrected chi connectivity index (χ0v) is 13.9. The number of anilines is 1. The molecular weight excluding hydrogens is 360 g/mol. The maximum atomic E-state index is 11.3. The summed E-state index contributed by atoms with van der Waals surface area (Å²) in [6, 6.07) is 1.71. The van der Waals surface area contributed by atoms with Crippen LogP contribution in [0.1, 0.15) is 11.6 Å². The van der Waals surface area contributed by atoms with E-state index in [0.29, 0.717) is 22.6 Å². The summed E-state index contributed by atoms with van der Waals surface area (Å²) >= 11 is 4.32. The van der Waals surface area contributed by atoms with Gasteiger partial charge in [-0.3, -0.25) is 5.10 Å². The van der Waals surface area contributed by atoms with E-state index in [1.807, 2.05) is 14.1 Å². The highest BCUT2D eigenvalue weighted by Gasteiger charge is 2.16. The van der Waals surface area contributed by atoms with Gasteiger partial charge in [0.15, 0.2) is 0 Å². The largest absolute Gasteiger partial charge is 0.477 e. The fourth-order valence-electron chi connectivity index (χ4n) is 1.48. The molecule has 0 aromatic carbocycles. The van der Waals surface area contributed by atoms with Crippen LogP contribution < -0.4 is 4.90 Å². The number of rotatable bonds is 5. The van der Waals surface area contributed by atoms with Gasteiger partial charge in [-0.1, -0.05) is 0 Å². The van der Waals surface area contributed by atoms with Crippen molar-refractivity contribution in [2.75, 3.05) is 19.0 Å². The van der Waals surface area contributed by atoms with E-state index in [9.17, 15) is 9.90 Å². The third-order valence-corrected chi connectivity index (χ3v) is 3.80. The van der Waals surface area contributed by atoms with Gasteiger partial charge in [-0.05, 0) is 34.6 Å². The number of aromatic amines is 1. The molecule has 21 heavy (non-hydrogen) atoms. The number of carboxylic acid groups (broad SMARTS) is 1. The zero-order chi connectivity index (χ0) is 15.6. The Bertz CT molecular complexity index is 692. The van der Waals surface area contributed by atoms with Crippen molar-refractivity contribution in [3.63, 3.8) is 0 Å². The number of halogens is 1. The Hall–Kier alpha value is -1.74. The highest BCUT2D eigenvalue weighted by molar-refractivity contribution is 9.10. The minimum Gasteiger partial charge on any atom is -0.477 e.